The molecule has 0 unspecified atom stereocenters. The van der Waals surface area contributed by atoms with Crippen LogP contribution in [-0.4, -0.2) is 53.8 Å². The molecule has 0 N–H and O–H groups in total. The van der Waals surface area contributed by atoms with Gasteiger partial charge in [0.15, 0.2) is 12.4 Å². The zero-order valence-corrected chi connectivity index (χ0v) is 21.6. The first-order valence-corrected chi connectivity index (χ1v) is 13.0. The third kappa shape index (κ3) is 6.15. The number of carbonyl (C=O) groups is 2. The highest BCUT2D eigenvalue weighted by Crippen LogP contribution is 2.37. The second-order valence-electron chi connectivity index (χ2n) is 9.48. The van der Waals surface area contributed by atoms with E-state index >= 15 is 0 Å². The topological polar surface area (TPSA) is 92.7 Å². The van der Waals surface area contributed by atoms with Crippen LogP contribution in [0.4, 0.5) is 0 Å². The molecule has 5 atom stereocenters. The van der Waals surface area contributed by atoms with Crippen molar-refractivity contribution in [1.29, 1.82) is 0 Å². The summed E-state index contributed by atoms with van der Waals surface area (Å²) in [7, 11) is 0. The number of carbonyl (C=O) groups excluding carboxylic acids is 2. The predicted octanol–water partition coefficient (Wildman–Crippen LogP) is 4.75. The van der Waals surface area contributed by atoms with E-state index in [0.29, 0.717) is 11.3 Å². The normalized spacial score (nSPS) is 27.2. The molecule has 0 saturated carbocycles. The van der Waals surface area contributed by atoms with Crippen LogP contribution in [0, 0.1) is 5.41 Å². The van der Waals surface area contributed by atoms with Crippen LogP contribution in [0.15, 0.2) is 65.8 Å². The quantitative estimate of drug-likeness (QED) is 0.310. The molecule has 0 spiro atoms. The highest BCUT2D eigenvalue weighted by molar-refractivity contribution is 8.00. The molecule has 2 aromatic carbocycles. The first-order valence-electron chi connectivity index (χ1n) is 11.9. The summed E-state index contributed by atoms with van der Waals surface area (Å²) in [4.78, 5) is 30.9. The molecule has 0 aromatic heterocycles. The van der Waals surface area contributed by atoms with Gasteiger partial charge in [0.2, 0.25) is 0 Å². The summed E-state index contributed by atoms with van der Waals surface area (Å²) in [5.74, 6) is -0.356. The van der Waals surface area contributed by atoms with Crippen LogP contribution in [0.1, 0.15) is 49.9 Å². The molecule has 2 aliphatic rings. The Morgan fingerprint density at radius 2 is 1.69 bits per heavy atom. The van der Waals surface area contributed by atoms with Crippen molar-refractivity contribution in [2.45, 2.75) is 57.7 Å². The minimum Gasteiger partial charge on any atom is -0.453 e. The monoisotopic (exact) mass is 513 g/mol. The molecular formula is C27H31NO7S. The third-order valence-corrected chi connectivity index (χ3v) is 6.66. The fourth-order valence-corrected chi connectivity index (χ4v) is 4.63. The first kappa shape index (κ1) is 26.3. The van der Waals surface area contributed by atoms with Gasteiger partial charge < -0.3 is 23.8 Å². The Hall–Kier alpha value is -2.72. The fourth-order valence-electron chi connectivity index (χ4n) is 3.76. The number of ether oxygens (including phenoxy) is 4. The maximum atomic E-state index is 13.0. The van der Waals surface area contributed by atoms with Gasteiger partial charge in [-0.3, -0.25) is 4.79 Å². The van der Waals surface area contributed by atoms with Crippen molar-refractivity contribution in [3.63, 3.8) is 0 Å². The zero-order chi connectivity index (χ0) is 25.7. The van der Waals surface area contributed by atoms with Gasteiger partial charge in [0, 0.05) is 5.56 Å². The first-order chi connectivity index (χ1) is 17.3. The number of rotatable bonds is 6. The Balaban J connectivity index is 1.66. The van der Waals surface area contributed by atoms with Crippen LogP contribution in [-0.2, 0) is 28.6 Å². The van der Waals surface area contributed by atoms with Crippen molar-refractivity contribution in [1.82, 2.24) is 0 Å². The minimum absolute atomic E-state index is 0.242. The number of hydrogen-bond donors (Lipinski definition) is 0. The number of esters is 1. The van der Waals surface area contributed by atoms with Crippen LogP contribution >= 0.6 is 11.8 Å². The number of benzene rings is 2. The Kier molecular flexibility index (Phi) is 8.46. The standard InChI is InChI=1S/C27H31NO7S/c1-5-36-25-20(28-35-23(29)17-12-8-6-9-13-17)22(34-26(30)27(2,3)4)21-19(32-25)16-31-24(33-21)18-14-10-7-11-15-18/h6-15,19,21-22,24-25H,5,16H2,1-4H3/b28-20-/t19-,21-,22-,24-,25-/m1/s1. The van der Waals surface area contributed by atoms with E-state index in [0.717, 1.165) is 5.56 Å². The van der Waals surface area contributed by atoms with Gasteiger partial charge in [-0.2, -0.15) is 0 Å². The highest BCUT2D eigenvalue weighted by Gasteiger charge is 2.51. The van der Waals surface area contributed by atoms with E-state index in [1.807, 2.05) is 37.3 Å². The second kappa shape index (κ2) is 11.6. The number of fused-ring (bicyclic) bond motifs is 1. The van der Waals surface area contributed by atoms with Gasteiger partial charge in [0.25, 0.3) is 0 Å². The van der Waals surface area contributed by atoms with E-state index in [1.54, 1.807) is 51.1 Å². The third-order valence-electron chi connectivity index (χ3n) is 5.67. The maximum Gasteiger partial charge on any atom is 0.365 e. The molecule has 4 rings (SSSR count). The Morgan fingerprint density at radius 1 is 1.03 bits per heavy atom. The van der Waals surface area contributed by atoms with Gasteiger partial charge in [0.05, 0.1) is 17.6 Å². The van der Waals surface area contributed by atoms with Crippen LogP contribution in [0.2, 0.25) is 0 Å². The van der Waals surface area contributed by atoms with Crippen LogP contribution < -0.4 is 0 Å². The summed E-state index contributed by atoms with van der Waals surface area (Å²) in [5, 5.41) is 4.19. The Labute approximate surface area is 215 Å². The van der Waals surface area contributed by atoms with Gasteiger partial charge in [-0.25, -0.2) is 4.79 Å². The Bertz CT molecular complexity index is 1070. The maximum absolute atomic E-state index is 13.0. The predicted molar refractivity (Wildman–Crippen MR) is 135 cm³/mol. The summed E-state index contributed by atoms with van der Waals surface area (Å²) < 4.78 is 24.5. The van der Waals surface area contributed by atoms with Gasteiger partial charge in [-0.15, -0.1) is 11.8 Å². The smallest absolute Gasteiger partial charge is 0.365 e. The molecule has 192 valence electrons. The summed E-state index contributed by atoms with van der Waals surface area (Å²) >= 11 is 1.45. The molecule has 36 heavy (non-hydrogen) atoms. The van der Waals surface area contributed by atoms with Crippen molar-refractivity contribution >= 4 is 29.4 Å². The van der Waals surface area contributed by atoms with E-state index in [4.69, 9.17) is 23.8 Å². The van der Waals surface area contributed by atoms with Gasteiger partial charge in [-0.1, -0.05) is 60.6 Å². The minimum atomic E-state index is -0.932. The molecule has 2 aliphatic heterocycles. The van der Waals surface area contributed by atoms with Crippen molar-refractivity contribution in [3.8, 4) is 0 Å². The van der Waals surface area contributed by atoms with Gasteiger partial charge >= 0.3 is 11.9 Å². The second-order valence-corrected chi connectivity index (χ2v) is 10.8. The molecule has 2 fully saturated rings. The SMILES string of the molecule is CCS[C@H]1O[C@@H]2CO[C@@H](c3ccccc3)O[C@H]2[C@H](OC(=O)C(C)(C)C)/C1=N/OC(=O)c1ccccc1. The van der Waals surface area contributed by atoms with E-state index in [-0.39, 0.29) is 12.3 Å². The van der Waals surface area contributed by atoms with E-state index in [2.05, 4.69) is 5.16 Å². The zero-order valence-electron chi connectivity index (χ0n) is 20.8. The summed E-state index contributed by atoms with van der Waals surface area (Å²) in [6.45, 7) is 7.53. The van der Waals surface area contributed by atoms with Crippen LogP contribution in [0.25, 0.3) is 0 Å². The molecule has 0 amide bonds. The van der Waals surface area contributed by atoms with Crippen molar-refractivity contribution < 1.29 is 33.4 Å². The highest BCUT2D eigenvalue weighted by atomic mass is 32.2. The largest absolute Gasteiger partial charge is 0.453 e. The van der Waals surface area contributed by atoms with Crippen LogP contribution in [0.5, 0.6) is 0 Å². The number of oxime groups is 1. The van der Waals surface area contributed by atoms with E-state index in [1.165, 1.54) is 11.8 Å². The van der Waals surface area contributed by atoms with Crippen LogP contribution in [0.3, 0.4) is 0 Å². The number of nitrogens with zero attached hydrogens (tertiary/aromatic N) is 1. The molecule has 0 aliphatic carbocycles. The lowest BCUT2D eigenvalue weighted by molar-refractivity contribution is -0.286. The van der Waals surface area contributed by atoms with Crippen molar-refractivity contribution in [2.75, 3.05) is 12.4 Å². The van der Waals surface area contributed by atoms with E-state index < -0.39 is 47.4 Å². The summed E-state index contributed by atoms with van der Waals surface area (Å²) in [6.07, 6.45) is -2.82. The van der Waals surface area contributed by atoms with E-state index in [9.17, 15) is 9.59 Å². The molecule has 2 aromatic rings. The average molecular weight is 514 g/mol. The lowest BCUT2D eigenvalue weighted by atomic mass is 9.95. The molecule has 0 radical (unpaired) electrons. The fraction of sp³-hybridized carbons (Fsp3) is 0.444. The molecule has 9 heteroatoms. The lowest BCUT2D eigenvalue weighted by Crippen LogP contribution is -2.61. The van der Waals surface area contributed by atoms with Gasteiger partial charge in [-0.05, 0) is 38.7 Å². The number of hydrogen-bond acceptors (Lipinski definition) is 9. The number of thioether (sulfide) groups is 1. The summed E-state index contributed by atoms with van der Waals surface area (Å²) in [6, 6.07) is 18.1. The molecule has 0 bridgehead atoms. The molecule has 2 heterocycles. The molecule has 8 nitrogen and oxygen atoms in total. The average Bonchev–Trinajstić information content (AvgIpc) is 2.88. The van der Waals surface area contributed by atoms with Crippen molar-refractivity contribution in [2.24, 2.45) is 10.6 Å². The Morgan fingerprint density at radius 3 is 2.33 bits per heavy atom. The summed E-state index contributed by atoms with van der Waals surface area (Å²) in [5.41, 5.74) is 0.0790. The lowest BCUT2D eigenvalue weighted by Gasteiger charge is -2.45. The van der Waals surface area contributed by atoms with Gasteiger partial charge in [0.1, 0.15) is 23.4 Å². The molecular weight excluding hydrogens is 482 g/mol. The van der Waals surface area contributed by atoms with Crippen molar-refractivity contribution in [3.05, 3.63) is 71.8 Å². The molecule has 2 saturated heterocycles.